The lowest BCUT2D eigenvalue weighted by Crippen LogP contribution is -2.42. The number of thiophene rings is 1. The summed E-state index contributed by atoms with van der Waals surface area (Å²) in [7, 11) is -2.17. The zero-order valence-corrected chi connectivity index (χ0v) is 12.9. The van der Waals surface area contributed by atoms with Gasteiger partial charge in [0.25, 0.3) is 10.2 Å². The molecule has 1 N–H and O–H groups in total. The van der Waals surface area contributed by atoms with Gasteiger partial charge in [-0.1, -0.05) is 6.07 Å². The van der Waals surface area contributed by atoms with E-state index in [4.69, 9.17) is 5.11 Å². The summed E-state index contributed by atoms with van der Waals surface area (Å²) in [5.41, 5.74) is 0. The van der Waals surface area contributed by atoms with E-state index >= 15 is 0 Å². The second kappa shape index (κ2) is 6.21. The molecule has 1 unspecified atom stereocenters. The van der Waals surface area contributed by atoms with Crippen molar-refractivity contribution in [3.05, 3.63) is 22.4 Å². The molecular formula is C12H18N2O4S2. The van der Waals surface area contributed by atoms with Gasteiger partial charge in [-0.3, -0.25) is 4.79 Å². The molecule has 1 aromatic heterocycles. The first kappa shape index (κ1) is 15.4. The molecule has 1 aliphatic rings. The average molecular weight is 318 g/mol. The summed E-state index contributed by atoms with van der Waals surface area (Å²) in [4.78, 5) is 11.6. The SMILES string of the molecule is CN(CCC(=O)O)S(=O)(=O)N1CCCC1c1cccs1. The molecule has 8 heteroatoms. The lowest BCUT2D eigenvalue weighted by Gasteiger charge is -2.28. The van der Waals surface area contributed by atoms with Gasteiger partial charge in [0.15, 0.2) is 0 Å². The number of hydrogen-bond donors (Lipinski definition) is 1. The minimum Gasteiger partial charge on any atom is -0.481 e. The van der Waals surface area contributed by atoms with Gasteiger partial charge in [0, 0.05) is 25.0 Å². The van der Waals surface area contributed by atoms with Crippen LogP contribution < -0.4 is 0 Å². The Morgan fingerprint density at radius 3 is 2.95 bits per heavy atom. The second-order valence-corrected chi connectivity index (χ2v) is 7.72. The summed E-state index contributed by atoms with van der Waals surface area (Å²) in [6.45, 7) is 0.480. The van der Waals surface area contributed by atoms with Crippen LogP contribution in [0.1, 0.15) is 30.2 Å². The van der Waals surface area contributed by atoms with Gasteiger partial charge in [0.1, 0.15) is 0 Å². The van der Waals surface area contributed by atoms with Crippen LogP contribution in [0, 0.1) is 0 Å². The van der Waals surface area contributed by atoms with Crippen molar-refractivity contribution in [2.45, 2.75) is 25.3 Å². The summed E-state index contributed by atoms with van der Waals surface area (Å²) in [5.74, 6) is -0.997. The van der Waals surface area contributed by atoms with E-state index < -0.39 is 16.2 Å². The van der Waals surface area contributed by atoms with Crippen molar-refractivity contribution in [2.24, 2.45) is 0 Å². The Kier molecular flexibility index (Phi) is 4.79. The summed E-state index contributed by atoms with van der Waals surface area (Å²) in [5, 5.41) is 10.6. The average Bonchev–Trinajstić information content (AvgIpc) is 3.04. The van der Waals surface area contributed by atoms with E-state index in [0.717, 1.165) is 22.0 Å². The molecule has 0 bridgehead atoms. The highest BCUT2D eigenvalue weighted by molar-refractivity contribution is 7.86. The van der Waals surface area contributed by atoms with Crippen LogP contribution in [0.2, 0.25) is 0 Å². The third-order valence-electron chi connectivity index (χ3n) is 3.41. The third kappa shape index (κ3) is 3.20. The Morgan fingerprint density at radius 1 is 1.60 bits per heavy atom. The first-order chi connectivity index (χ1) is 9.43. The van der Waals surface area contributed by atoms with Gasteiger partial charge >= 0.3 is 5.97 Å². The normalized spacial score (nSPS) is 20.6. The zero-order chi connectivity index (χ0) is 14.8. The quantitative estimate of drug-likeness (QED) is 0.863. The van der Waals surface area contributed by atoms with Crippen molar-refractivity contribution in [3.63, 3.8) is 0 Å². The second-order valence-electron chi connectivity index (χ2n) is 4.76. The lowest BCUT2D eigenvalue weighted by molar-refractivity contribution is -0.137. The van der Waals surface area contributed by atoms with Gasteiger partial charge in [-0.25, -0.2) is 0 Å². The van der Waals surface area contributed by atoms with Gasteiger partial charge in [-0.2, -0.15) is 17.0 Å². The molecule has 1 fully saturated rings. The van der Waals surface area contributed by atoms with Crippen LogP contribution in [0.5, 0.6) is 0 Å². The largest absolute Gasteiger partial charge is 0.481 e. The molecule has 1 atom stereocenters. The molecule has 20 heavy (non-hydrogen) atoms. The van der Waals surface area contributed by atoms with E-state index in [1.54, 1.807) is 11.3 Å². The number of nitrogens with zero attached hydrogens (tertiary/aromatic N) is 2. The molecule has 0 aromatic carbocycles. The van der Waals surface area contributed by atoms with Crippen LogP contribution in [-0.2, 0) is 15.0 Å². The van der Waals surface area contributed by atoms with E-state index in [0.29, 0.717) is 6.54 Å². The highest BCUT2D eigenvalue weighted by Gasteiger charge is 2.37. The number of hydrogen-bond acceptors (Lipinski definition) is 4. The molecule has 0 radical (unpaired) electrons. The zero-order valence-electron chi connectivity index (χ0n) is 11.2. The fourth-order valence-corrected chi connectivity index (χ4v) is 4.85. The standard InChI is InChI=1S/C12H18N2O4S2/c1-13(8-6-12(15)16)20(17,18)14-7-2-4-10(14)11-5-3-9-19-11/h3,5,9-10H,2,4,6-8H2,1H3,(H,15,16). The fraction of sp³-hybridized carbons (Fsp3) is 0.583. The van der Waals surface area contributed by atoms with Gasteiger partial charge in [-0.15, -0.1) is 11.3 Å². The van der Waals surface area contributed by atoms with Crippen molar-refractivity contribution >= 4 is 27.5 Å². The highest BCUT2D eigenvalue weighted by Crippen LogP contribution is 2.37. The molecule has 1 saturated heterocycles. The molecule has 0 aliphatic carbocycles. The number of rotatable bonds is 6. The third-order valence-corrected chi connectivity index (χ3v) is 6.38. The van der Waals surface area contributed by atoms with Crippen molar-refractivity contribution < 1.29 is 18.3 Å². The summed E-state index contributed by atoms with van der Waals surface area (Å²) >= 11 is 1.55. The molecule has 0 saturated carbocycles. The minimum absolute atomic E-state index is 0.00860. The van der Waals surface area contributed by atoms with E-state index in [1.165, 1.54) is 11.4 Å². The molecule has 2 heterocycles. The van der Waals surface area contributed by atoms with Gasteiger partial charge in [-0.05, 0) is 24.3 Å². The molecule has 6 nitrogen and oxygen atoms in total. The maximum Gasteiger partial charge on any atom is 0.304 e. The molecular weight excluding hydrogens is 300 g/mol. The highest BCUT2D eigenvalue weighted by atomic mass is 32.2. The Morgan fingerprint density at radius 2 is 2.35 bits per heavy atom. The maximum absolute atomic E-state index is 12.5. The van der Waals surface area contributed by atoms with Crippen LogP contribution in [0.4, 0.5) is 0 Å². The Hall–Kier alpha value is -0.960. The Bertz CT molecular complexity index is 556. The molecule has 0 amide bonds. The Balaban J connectivity index is 2.13. The van der Waals surface area contributed by atoms with Crippen LogP contribution in [0.3, 0.4) is 0 Å². The summed E-state index contributed by atoms with van der Waals surface area (Å²) < 4.78 is 27.6. The number of carbonyl (C=O) groups is 1. The smallest absolute Gasteiger partial charge is 0.304 e. The maximum atomic E-state index is 12.5. The van der Waals surface area contributed by atoms with Crippen LogP contribution in [0.15, 0.2) is 17.5 Å². The molecule has 1 aliphatic heterocycles. The van der Waals surface area contributed by atoms with Crippen LogP contribution in [-0.4, -0.2) is 48.2 Å². The van der Waals surface area contributed by atoms with E-state index in [1.807, 2.05) is 17.5 Å². The van der Waals surface area contributed by atoms with E-state index in [-0.39, 0.29) is 19.0 Å². The molecule has 0 spiro atoms. The van der Waals surface area contributed by atoms with E-state index in [2.05, 4.69) is 0 Å². The molecule has 112 valence electrons. The number of carboxylic acids is 1. The molecule has 1 aromatic rings. The van der Waals surface area contributed by atoms with Crippen LogP contribution in [0.25, 0.3) is 0 Å². The van der Waals surface area contributed by atoms with Crippen molar-refractivity contribution in [1.82, 2.24) is 8.61 Å². The fourth-order valence-electron chi connectivity index (χ4n) is 2.33. The van der Waals surface area contributed by atoms with Gasteiger partial charge in [0.2, 0.25) is 0 Å². The lowest BCUT2D eigenvalue weighted by atomic mass is 10.2. The Labute approximate surface area is 122 Å². The van der Waals surface area contributed by atoms with Gasteiger partial charge in [0.05, 0.1) is 12.5 Å². The minimum atomic E-state index is -3.60. The van der Waals surface area contributed by atoms with Crippen molar-refractivity contribution in [3.8, 4) is 0 Å². The van der Waals surface area contributed by atoms with Crippen molar-refractivity contribution in [1.29, 1.82) is 0 Å². The monoisotopic (exact) mass is 318 g/mol. The summed E-state index contributed by atoms with van der Waals surface area (Å²) in [6, 6.07) is 3.74. The first-order valence-corrected chi connectivity index (χ1v) is 8.69. The van der Waals surface area contributed by atoms with Gasteiger partial charge < -0.3 is 5.11 Å². The predicted octanol–water partition coefficient (Wildman–Crippen LogP) is 1.54. The van der Waals surface area contributed by atoms with E-state index in [9.17, 15) is 13.2 Å². The topological polar surface area (TPSA) is 77.9 Å². The first-order valence-electron chi connectivity index (χ1n) is 6.41. The summed E-state index contributed by atoms with van der Waals surface area (Å²) in [6.07, 6.45) is 1.45. The number of carboxylic acid groups (broad SMARTS) is 1. The van der Waals surface area contributed by atoms with Crippen molar-refractivity contribution in [2.75, 3.05) is 20.1 Å². The number of aliphatic carboxylic acids is 1. The van der Waals surface area contributed by atoms with Crippen LogP contribution >= 0.6 is 11.3 Å². The predicted molar refractivity (Wildman–Crippen MR) is 76.8 cm³/mol. The molecule has 2 rings (SSSR count).